The van der Waals surface area contributed by atoms with E-state index in [-0.39, 0.29) is 18.0 Å². The molecule has 0 radical (unpaired) electrons. The van der Waals surface area contributed by atoms with E-state index in [1.165, 1.54) is 0 Å². The van der Waals surface area contributed by atoms with Gasteiger partial charge in [0, 0.05) is 24.5 Å². The van der Waals surface area contributed by atoms with Crippen LogP contribution >= 0.6 is 0 Å². The number of oxime groups is 1. The van der Waals surface area contributed by atoms with Crippen LogP contribution in [-0.2, 0) is 9.63 Å². The lowest BCUT2D eigenvalue weighted by Gasteiger charge is -2.10. The number of carbonyl (C=O) groups is 1. The Bertz CT molecular complexity index is 1010. The monoisotopic (exact) mass is 374 g/mol. The van der Waals surface area contributed by atoms with Gasteiger partial charge in [0.05, 0.1) is 0 Å². The lowest BCUT2D eigenvalue weighted by molar-refractivity contribution is -0.110. The smallest absolute Gasteiger partial charge is 0.321 e. The summed E-state index contributed by atoms with van der Waals surface area (Å²) in [5, 5.41) is 6.83. The Hall–Kier alpha value is -3.74. The topological polar surface area (TPSA) is 85.7 Å². The van der Waals surface area contributed by atoms with Crippen molar-refractivity contribution in [3.05, 3.63) is 78.1 Å². The normalized spacial score (nSPS) is 15.5. The molecule has 0 bridgehead atoms. The quantitative estimate of drug-likeness (QED) is 0.729. The van der Waals surface area contributed by atoms with Gasteiger partial charge >= 0.3 is 6.01 Å². The Kier molecular flexibility index (Phi) is 4.97. The third kappa shape index (κ3) is 3.98. The number of benzene rings is 2. The Morgan fingerprint density at radius 3 is 2.64 bits per heavy atom. The molecule has 1 unspecified atom stereocenters. The van der Waals surface area contributed by atoms with E-state index in [1.54, 1.807) is 30.6 Å². The van der Waals surface area contributed by atoms with Crippen molar-refractivity contribution < 1.29 is 14.4 Å². The number of nitrogens with zero attached hydrogens (tertiary/aromatic N) is 3. The second kappa shape index (κ2) is 7.87. The first-order chi connectivity index (χ1) is 13.7. The highest BCUT2D eigenvalue weighted by molar-refractivity contribution is 6.43. The number of carbonyl (C=O) groups excluding carboxylic acids is 1. The summed E-state index contributed by atoms with van der Waals surface area (Å²) in [4.78, 5) is 26.0. The summed E-state index contributed by atoms with van der Waals surface area (Å²) >= 11 is 0. The van der Waals surface area contributed by atoms with Crippen LogP contribution in [0.1, 0.15) is 23.7 Å². The van der Waals surface area contributed by atoms with Crippen molar-refractivity contribution in [1.29, 1.82) is 0 Å². The minimum Gasteiger partial charge on any atom is -0.424 e. The van der Waals surface area contributed by atoms with Crippen LogP contribution in [0.4, 0.5) is 5.69 Å². The maximum Gasteiger partial charge on any atom is 0.321 e. The molecule has 2 aromatic carbocycles. The molecule has 1 atom stereocenters. The SMILES string of the molecule is Cc1cc(Oc2ncccn2)ccc1NC(=O)C1=NOC(c2ccccc2)C1. The Morgan fingerprint density at radius 2 is 1.89 bits per heavy atom. The molecule has 1 amide bonds. The maximum absolute atomic E-state index is 12.5. The minimum atomic E-state index is -0.276. The summed E-state index contributed by atoms with van der Waals surface area (Å²) < 4.78 is 5.60. The average Bonchev–Trinajstić information content (AvgIpc) is 3.22. The summed E-state index contributed by atoms with van der Waals surface area (Å²) in [5.74, 6) is 0.314. The van der Waals surface area contributed by atoms with E-state index in [0.29, 0.717) is 23.6 Å². The second-order valence-electron chi connectivity index (χ2n) is 6.31. The summed E-state index contributed by atoms with van der Waals surface area (Å²) in [6, 6.07) is 17.0. The fraction of sp³-hybridized carbons (Fsp3) is 0.143. The molecule has 3 aromatic rings. The Labute approximate surface area is 162 Å². The number of nitrogens with one attached hydrogen (secondary N) is 1. The van der Waals surface area contributed by atoms with Crippen molar-refractivity contribution in [2.45, 2.75) is 19.4 Å². The van der Waals surface area contributed by atoms with Crippen LogP contribution in [0.15, 0.2) is 72.1 Å². The van der Waals surface area contributed by atoms with Crippen LogP contribution in [0.3, 0.4) is 0 Å². The zero-order valence-electron chi connectivity index (χ0n) is 15.2. The zero-order chi connectivity index (χ0) is 19.3. The first-order valence-corrected chi connectivity index (χ1v) is 8.83. The minimum absolute atomic E-state index is 0.232. The van der Waals surface area contributed by atoms with Gasteiger partial charge in [0.25, 0.3) is 5.91 Å². The van der Waals surface area contributed by atoms with Gasteiger partial charge in [0.1, 0.15) is 11.5 Å². The van der Waals surface area contributed by atoms with Gasteiger partial charge in [0.15, 0.2) is 6.10 Å². The van der Waals surface area contributed by atoms with Crippen LogP contribution in [-0.4, -0.2) is 21.6 Å². The van der Waals surface area contributed by atoms with Gasteiger partial charge in [-0.15, -0.1) is 0 Å². The molecule has 4 rings (SSSR count). The first kappa shape index (κ1) is 17.7. The lowest BCUT2D eigenvalue weighted by Crippen LogP contribution is -2.22. The average molecular weight is 374 g/mol. The van der Waals surface area contributed by atoms with Crippen LogP contribution in [0.25, 0.3) is 0 Å². The molecule has 7 nitrogen and oxygen atoms in total. The van der Waals surface area contributed by atoms with Crippen LogP contribution in [0, 0.1) is 6.92 Å². The molecular weight excluding hydrogens is 356 g/mol. The zero-order valence-corrected chi connectivity index (χ0v) is 15.2. The molecular formula is C21H18N4O3. The number of aryl methyl sites for hydroxylation is 1. The van der Waals surface area contributed by atoms with E-state index in [4.69, 9.17) is 9.57 Å². The standard InChI is InChI=1S/C21H18N4O3/c1-14-12-16(27-21-22-10-5-11-23-21)8-9-17(14)24-20(26)18-13-19(28-25-18)15-6-3-2-4-7-15/h2-12,19H,13H2,1H3,(H,24,26). The number of ether oxygens (including phenoxy) is 1. The van der Waals surface area contributed by atoms with Gasteiger partial charge in [-0.2, -0.15) is 0 Å². The Balaban J connectivity index is 1.39. The molecule has 0 spiro atoms. The van der Waals surface area contributed by atoms with E-state index < -0.39 is 0 Å². The fourth-order valence-corrected chi connectivity index (χ4v) is 2.84. The predicted molar refractivity (Wildman–Crippen MR) is 104 cm³/mol. The van der Waals surface area contributed by atoms with Crippen molar-refractivity contribution in [2.24, 2.45) is 5.16 Å². The van der Waals surface area contributed by atoms with E-state index in [0.717, 1.165) is 11.1 Å². The fourth-order valence-electron chi connectivity index (χ4n) is 2.84. The molecule has 7 heteroatoms. The van der Waals surface area contributed by atoms with Gasteiger partial charge in [-0.25, -0.2) is 9.97 Å². The number of hydrogen-bond donors (Lipinski definition) is 1. The van der Waals surface area contributed by atoms with Crippen molar-refractivity contribution in [3.63, 3.8) is 0 Å². The number of rotatable bonds is 5. The number of amides is 1. The molecule has 1 N–H and O–H groups in total. The van der Waals surface area contributed by atoms with Crippen molar-refractivity contribution in [3.8, 4) is 11.8 Å². The molecule has 1 aromatic heterocycles. The Morgan fingerprint density at radius 1 is 1.11 bits per heavy atom. The molecule has 2 heterocycles. The highest BCUT2D eigenvalue weighted by atomic mass is 16.6. The number of anilines is 1. The van der Waals surface area contributed by atoms with E-state index in [2.05, 4.69) is 20.4 Å². The summed E-state index contributed by atoms with van der Waals surface area (Å²) in [6.07, 6.45) is 3.42. The van der Waals surface area contributed by atoms with Crippen LogP contribution in [0.5, 0.6) is 11.8 Å². The third-order valence-electron chi connectivity index (χ3n) is 4.30. The second-order valence-corrected chi connectivity index (χ2v) is 6.31. The molecule has 0 saturated heterocycles. The molecule has 1 aliphatic rings. The largest absolute Gasteiger partial charge is 0.424 e. The first-order valence-electron chi connectivity index (χ1n) is 8.83. The van der Waals surface area contributed by atoms with Crippen LogP contribution < -0.4 is 10.1 Å². The molecule has 140 valence electrons. The highest BCUT2D eigenvalue weighted by Gasteiger charge is 2.27. The van der Waals surface area contributed by atoms with Gasteiger partial charge in [-0.05, 0) is 42.3 Å². The molecule has 0 fully saturated rings. The van der Waals surface area contributed by atoms with Crippen molar-refractivity contribution >= 4 is 17.3 Å². The van der Waals surface area contributed by atoms with Gasteiger partial charge in [0.2, 0.25) is 0 Å². The molecule has 28 heavy (non-hydrogen) atoms. The van der Waals surface area contributed by atoms with Crippen molar-refractivity contribution in [1.82, 2.24) is 9.97 Å². The van der Waals surface area contributed by atoms with Crippen LogP contribution in [0.2, 0.25) is 0 Å². The van der Waals surface area contributed by atoms with E-state index >= 15 is 0 Å². The third-order valence-corrected chi connectivity index (χ3v) is 4.30. The van der Waals surface area contributed by atoms with E-state index in [1.807, 2.05) is 43.3 Å². The summed E-state index contributed by atoms with van der Waals surface area (Å²) in [7, 11) is 0. The number of aromatic nitrogens is 2. The summed E-state index contributed by atoms with van der Waals surface area (Å²) in [6.45, 7) is 1.88. The van der Waals surface area contributed by atoms with Gasteiger partial charge in [-0.3, -0.25) is 4.79 Å². The van der Waals surface area contributed by atoms with Gasteiger partial charge in [-0.1, -0.05) is 35.5 Å². The lowest BCUT2D eigenvalue weighted by atomic mass is 10.0. The van der Waals surface area contributed by atoms with Crippen molar-refractivity contribution in [2.75, 3.05) is 5.32 Å². The summed E-state index contributed by atoms with van der Waals surface area (Å²) in [5.41, 5.74) is 2.89. The molecule has 1 aliphatic heterocycles. The maximum atomic E-state index is 12.5. The van der Waals surface area contributed by atoms with E-state index in [9.17, 15) is 4.79 Å². The van der Waals surface area contributed by atoms with Gasteiger partial charge < -0.3 is 14.9 Å². The molecule has 0 saturated carbocycles. The highest BCUT2D eigenvalue weighted by Crippen LogP contribution is 2.28. The molecule has 0 aliphatic carbocycles. The number of hydrogen-bond acceptors (Lipinski definition) is 6. The predicted octanol–water partition coefficient (Wildman–Crippen LogP) is 4.03.